The van der Waals surface area contributed by atoms with E-state index in [0.717, 1.165) is 24.6 Å². The van der Waals surface area contributed by atoms with Gasteiger partial charge in [0.15, 0.2) is 0 Å². The highest BCUT2D eigenvalue weighted by Crippen LogP contribution is 2.09. The van der Waals surface area contributed by atoms with Gasteiger partial charge in [-0.3, -0.25) is 0 Å². The van der Waals surface area contributed by atoms with Crippen LogP contribution in [0.3, 0.4) is 0 Å². The first kappa shape index (κ1) is 11.0. The van der Waals surface area contributed by atoms with Crippen molar-refractivity contribution in [2.45, 2.75) is 26.7 Å². The van der Waals surface area contributed by atoms with Crippen LogP contribution in [-0.2, 0) is 0 Å². The summed E-state index contributed by atoms with van der Waals surface area (Å²) in [6.45, 7) is 5.40. The lowest BCUT2D eigenvalue weighted by molar-refractivity contribution is 0.567. The van der Waals surface area contributed by atoms with Gasteiger partial charge in [-0.1, -0.05) is 13.8 Å². The maximum absolute atomic E-state index is 12.6. The highest BCUT2D eigenvalue weighted by atomic mass is 19.1. The summed E-state index contributed by atoms with van der Waals surface area (Å²) in [5, 5.41) is 3.26. The number of hydrogen-bond acceptors (Lipinski definition) is 1. The molecular weight excluding hydrogens is 177 g/mol. The predicted octanol–water partition coefficient (Wildman–Crippen LogP) is 3.67. The number of benzene rings is 1. The molecule has 0 spiro atoms. The van der Waals surface area contributed by atoms with Crippen LogP contribution in [0.4, 0.5) is 10.1 Å². The molecule has 0 fully saturated rings. The van der Waals surface area contributed by atoms with Crippen LogP contribution in [0.1, 0.15) is 26.7 Å². The molecule has 1 N–H and O–H groups in total. The van der Waals surface area contributed by atoms with E-state index in [4.69, 9.17) is 0 Å². The molecule has 1 nitrogen and oxygen atoms in total. The second kappa shape index (κ2) is 5.63. The molecule has 0 unspecified atom stereocenters. The van der Waals surface area contributed by atoms with E-state index < -0.39 is 0 Å². The lowest BCUT2D eigenvalue weighted by Crippen LogP contribution is -2.02. The summed E-state index contributed by atoms with van der Waals surface area (Å²) in [6, 6.07) is 6.49. The van der Waals surface area contributed by atoms with E-state index in [-0.39, 0.29) is 5.82 Å². The molecule has 2 heteroatoms. The summed E-state index contributed by atoms with van der Waals surface area (Å²) in [5.41, 5.74) is 0.996. The maximum Gasteiger partial charge on any atom is 0.123 e. The minimum Gasteiger partial charge on any atom is -0.385 e. The molecule has 0 saturated carbocycles. The van der Waals surface area contributed by atoms with E-state index in [2.05, 4.69) is 19.2 Å². The number of nitrogens with one attached hydrogen (secondary N) is 1. The molecule has 0 aliphatic heterocycles. The molecule has 0 aromatic heterocycles. The number of rotatable bonds is 5. The molecule has 0 amide bonds. The van der Waals surface area contributed by atoms with E-state index >= 15 is 0 Å². The lowest BCUT2D eigenvalue weighted by Gasteiger charge is -2.07. The summed E-state index contributed by atoms with van der Waals surface area (Å²) >= 11 is 0. The molecule has 1 rings (SSSR count). The molecule has 0 heterocycles. The second-order valence-electron chi connectivity index (χ2n) is 3.97. The molecule has 0 atom stereocenters. The topological polar surface area (TPSA) is 12.0 Å². The zero-order valence-corrected chi connectivity index (χ0v) is 8.89. The zero-order chi connectivity index (χ0) is 10.4. The van der Waals surface area contributed by atoms with Crippen molar-refractivity contribution < 1.29 is 4.39 Å². The third-order valence-electron chi connectivity index (χ3n) is 2.13. The van der Waals surface area contributed by atoms with Crippen molar-refractivity contribution in [3.63, 3.8) is 0 Å². The van der Waals surface area contributed by atoms with E-state index in [1.54, 1.807) is 12.1 Å². The van der Waals surface area contributed by atoms with E-state index in [1.165, 1.54) is 18.6 Å². The van der Waals surface area contributed by atoms with Gasteiger partial charge < -0.3 is 5.32 Å². The first-order chi connectivity index (χ1) is 6.68. The molecule has 0 saturated heterocycles. The molecule has 1 aromatic carbocycles. The van der Waals surface area contributed by atoms with Crippen molar-refractivity contribution in [1.29, 1.82) is 0 Å². The molecule has 14 heavy (non-hydrogen) atoms. The number of hydrogen-bond donors (Lipinski definition) is 1. The average molecular weight is 195 g/mol. The Morgan fingerprint density at radius 3 is 2.43 bits per heavy atom. The summed E-state index contributed by atoms with van der Waals surface area (Å²) < 4.78 is 12.6. The average Bonchev–Trinajstić information content (AvgIpc) is 2.15. The van der Waals surface area contributed by atoms with Crippen molar-refractivity contribution in [3.8, 4) is 0 Å². The van der Waals surface area contributed by atoms with Crippen molar-refractivity contribution in [1.82, 2.24) is 0 Å². The van der Waals surface area contributed by atoms with Crippen molar-refractivity contribution in [2.75, 3.05) is 11.9 Å². The van der Waals surface area contributed by atoms with Gasteiger partial charge >= 0.3 is 0 Å². The van der Waals surface area contributed by atoms with E-state index in [1.807, 2.05) is 0 Å². The normalized spacial score (nSPS) is 10.6. The highest BCUT2D eigenvalue weighted by molar-refractivity contribution is 5.42. The van der Waals surface area contributed by atoms with E-state index in [0.29, 0.717) is 0 Å². The molecule has 0 radical (unpaired) electrons. The smallest absolute Gasteiger partial charge is 0.123 e. The molecule has 0 aliphatic rings. The van der Waals surface area contributed by atoms with Crippen LogP contribution in [0.15, 0.2) is 24.3 Å². The van der Waals surface area contributed by atoms with Gasteiger partial charge in [0.25, 0.3) is 0 Å². The van der Waals surface area contributed by atoms with Crippen LogP contribution in [0.5, 0.6) is 0 Å². The number of anilines is 1. The van der Waals surface area contributed by atoms with Crippen molar-refractivity contribution >= 4 is 5.69 Å². The van der Waals surface area contributed by atoms with Gasteiger partial charge in [0, 0.05) is 12.2 Å². The summed E-state index contributed by atoms with van der Waals surface area (Å²) in [7, 11) is 0. The summed E-state index contributed by atoms with van der Waals surface area (Å²) in [5.74, 6) is 0.572. The molecule has 78 valence electrons. The van der Waals surface area contributed by atoms with Crippen LogP contribution >= 0.6 is 0 Å². The molecule has 0 bridgehead atoms. The minimum absolute atomic E-state index is 0.183. The monoisotopic (exact) mass is 195 g/mol. The largest absolute Gasteiger partial charge is 0.385 e. The summed E-state index contributed by atoms with van der Waals surface area (Å²) in [6.07, 6.45) is 2.39. The third kappa shape index (κ3) is 4.26. The Morgan fingerprint density at radius 1 is 1.21 bits per heavy atom. The SMILES string of the molecule is CC(C)CCCNc1ccc(F)cc1. The van der Waals surface area contributed by atoms with Crippen LogP contribution in [0.25, 0.3) is 0 Å². The first-order valence-corrected chi connectivity index (χ1v) is 5.18. The summed E-state index contributed by atoms with van der Waals surface area (Å²) in [4.78, 5) is 0. The van der Waals surface area contributed by atoms with Gasteiger partial charge in [-0.05, 0) is 43.0 Å². The Labute approximate surface area is 85.3 Å². The van der Waals surface area contributed by atoms with Crippen LogP contribution < -0.4 is 5.32 Å². The molecular formula is C12H18FN. The Morgan fingerprint density at radius 2 is 1.86 bits per heavy atom. The Balaban J connectivity index is 2.21. The van der Waals surface area contributed by atoms with Crippen molar-refractivity contribution in [3.05, 3.63) is 30.1 Å². The lowest BCUT2D eigenvalue weighted by atomic mass is 10.1. The quantitative estimate of drug-likeness (QED) is 0.707. The maximum atomic E-state index is 12.6. The molecule has 0 aliphatic carbocycles. The zero-order valence-electron chi connectivity index (χ0n) is 8.89. The Hall–Kier alpha value is -1.05. The van der Waals surface area contributed by atoms with Gasteiger partial charge in [-0.2, -0.15) is 0 Å². The standard InChI is InChI=1S/C12H18FN/c1-10(2)4-3-9-14-12-7-5-11(13)6-8-12/h5-8,10,14H,3-4,9H2,1-2H3. The first-order valence-electron chi connectivity index (χ1n) is 5.18. The number of halogens is 1. The van der Waals surface area contributed by atoms with E-state index in [9.17, 15) is 4.39 Å². The van der Waals surface area contributed by atoms with Crippen LogP contribution in [0.2, 0.25) is 0 Å². The van der Waals surface area contributed by atoms with Crippen LogP contribution in [0, 0.1) is 11.7 Å². The third-order valence-corrected chi connectivity index (χ3v) is 2.13. The fraction of sp³-hybridized carbons (Fsp3) is 0.500. The predicted molar refractivity (Wildman–Crippen MR) is 59.0 cm³/mol. The molecule has 1 aromatic rings. The second-order valence-corrected chi connectivity index (χ2v) is 3.97. The Kier molecular flexibility index (Phi) is 4.44. The fourth-order valence-corrected chi connectivity index (χ4v) is 1.31. The Bertz CT molecular complexity index is 254. The van der Waals surface area contributed by atoms with Crippen LogP contribution in [-0.4, -0.2) is 6.54 Å². The minimum atomic E-state index is -0.183. The van der Waals surface area contributed by atoms with Crippen molar-refractivity contribution in [2.24, 2.45) is 5.92 Å². The van der Waals surface area contributed by atoms with Gasteiger partial charge in [0.1, 0.15) is 5.82 Å². The van der Waals surface area contributed by atoms with Gasteiger partial charge in [0.2, 0.25) is 0 Å². The van der Waals surface area contributed by atoms with Gasteiger partial charge in [-0.15, -0.1) is 0 Å². The van der Waals surface area contributed by atoms with Gasteiger partial charge in [0.05, 0.1) is 0 Å². The fourth-order valence-electron chi connectivity index (χ4n) is 1.31. The highest BCUT2D eigenvalue weighted by Gasteiger charge is 1.95. The van der Waals surface area contributed by atoms with Gasteiger partial charge in [-0.25, -0.2) is 4.39 Å².